The van der Waals surface area contributed by atoms with Crippen LogP contribution in [0.3, 0.4) is 0 Å². The first-order valence-corrected chi connectivity index (χ1v) is 8.39. The van der Waals surface area contributed by atoms with Gasteiger partial charge in [-0.3, -0.25) is 0 Å². The summed E-state index contributed by atoms with van der Waals surface area (Å²) in [4.78, 5) is 4.30. The average molecular weight is 303 g/mol. The second kappa shape index (κ2) is 5.81. The van der Waals surface area contributed by atoms with E-state index in [0.29, 0.717) is 24.6 Å². The van der Waals surface area contributed by atoms with Gasteiger partial charge in [0.15, 0.2) is 5.13 Å². The SMILES string of the molecule is CS(=O)(=O)NCCCNc1nc2ccc(F)cc2s1. The van der Waals surface area contributed by atoms with E-state index in [1.807, 2.05) is 0 Å². The molecule has 104 valence electrons. The van der Waals surface area contributed by atoms with Crippen molar-refractivity contribution in [3.8, 4) is 0 Å². The number of fused-ring (bicyclic) bond motifs is 1. The first-order chi connectivity index (χ1) is 8.94. The Morgan fingerprint density at radius 1 is 1.37 bits per heavy atom. The van der Waals surface area contributed by atoms with Crippen molar-refractivity contribution in [1.29, 1.82) is 0 Å². The number of nitrogens with zero attached hydrogens (tertiary/aromatic N) is 1. The Morgan fingerprint density at radius 3 is 2.89 bits per heavy atom. The largest absolute Gasteiger partial charge is 0.361 e. The fourth-order valence-corrected chi connectivity index (χ4v) is 2.95. The number of anilines is 1. The molecule has 0 saturated heterocycles. The Labute approximate surface area is 114 Å². The van der Waals surface area contributed by atoms with Gasteiger partial charge in [-0.25, -0.2) is 22.5 Å². The van der Waals surface area contributed by atoms with E-state index in [1.165, 1.54) is 23.5 Å². The molecule has 0 fully saturated rings. The highest BCUT2D eigenvalue weighted by atomic mass is 32.2. The lowest BCUT2D eigenvalue weighted by molar-refractivity contribution is 0.586. The summed E-state index contributed by atoms with van der Waals surface area (Å²) >= 11 is 1.37. The minimum Gasteiger partial charge on any atom is -0.361 e. The van der Waals surface area contributed by atoms with E-state index in [1.54, 1.807) is 6.07 Å². The molecular formula is C11H14FN3O2S2. The monoisotopic (exact) mass is 303 g/mol. The Morgan fingerprint density at radius 2 is 2.16 bits per heavy atom. The van der Waals surface area contributed by atoms with Gasteiger partial charge < -0.3 is 5.32 Å². The van der Waals surface area contributed by atoms with Crippen LogP contribution < -0.4 is 10.0 Å². The quantitative estimate of drug-likeness (QED) is 0.798. The molecular weight excluding hydrogens is 289 g/mol. The number of sulfonamides is 1. The molecule has 19 heavy (non-hydrogen) atoms. The molecule has 1 aromatic heterocycles. The van der Waals surface area contributed by atoms with Crippen LogP contribution in [0, 0.1) is 5.82 Å². The highest BCUT2D eigenvalue weighted by molar-refractivity contribution is 7.88. The predicted molar refractivity (Wildman–Crippen MR) is 75.5 cm³/mol. The molecule has 0 saturated carbocycles. The highest BCUT2D eigenvalue weighted by Gasteiger charge is 2.04. The minimum absolute atomic E-state index is 0.278. The van der Waals surface area contributed by atoms with Gasteiger partial charge >= 0.3 is 0 Å². The summed E-state index contributed by atoms with van der Waals surface area (Å²) in [5, 5.41) is 3.80. The summed E-state index contributed by atoms with van der Waals surface area (Å²) in [5.41, 5.74) is 0.753. The zero-order valence-electron chi connectivity index (χ0n) is 10.3. The Hall–Kier alpha value is -1.25. The Balaban J connectivity index is 1.85. The second-order valence-corrected chi connectivity index (χ2v) is 6.94. The molecule has 0 aliphatic heterocycles. The summed E-state index contributed by atoms with van der Waals surface area (Å²) < 4.78 is 37.9. The highest BCUT2D eigenvalue weighted by Crippen LogP contribution is 2.26. The van der Waals surface area contributed by atoms with Gasteiger partial charge in [0.25, 0.3) is 0 Å². The molecule has 0 aliphatic rings. The number of hydrogen-bond acceptors (Lipinski definition) is 5. The van der Waals surface area contributed by atoms with E-state index in [-0.39, 0.29) is 5.82 Å². The van der Waals surface area contributed by atoms with Crippen LogP contribution in [0.4, 0.5) is 9.52 Å². The standard InChI is InChI=1S/C11H14FN3O2S2/c1-19(16,17)14-6-2-5-13-11-15-9-4-3-8(12)7-10(9)18-11/h3-4,7,14H,2,5-6H2,1H3,(H,13,15). The summed E-state index contributed by atoms with van der Waals surface area (Å²) in [6.07, 6.45) is 1.78. The number of aromatic nitrogens is 1. The summed E-state index contributed by atoms with van der Waals surface area (Å²) in [7, 11) is -3.13. The maximum absolute atomic E-state index is 13.0. The normalized spacial score (nSPS) is 11.9. The van der Waals surface area contributed by atoms with Crippen molar-refractivity contribution in [2.24, 2.45) is 0 Å². The number of hydrogen-bond donors (Lipinski definition) is 2. The number of benzene rings is 1. The van der Waals surface area contributed by atoms with Crippen LogP contribution in [0.15, 0.2) is 18.2 Å². The van der Waals surface area contributed by atoms with Crippen LogP contribution in [-0.4, -0.2) is 32.7 Å². The number of rotatable bonds is 6. The van der Waals surface area contributed by atoms with Gasteiger partial charge in [0.05, 0.1) is 16.5 Å². The van der Waals surface area contributed by atoms with Crippen molar-refractivity contribution < 1.29 is 12.8 Å². The molecule has 0 aliphatic carbocycles. The molecule has 0 amide bonds. The third-order valence-corrected chi connectivity index (χ3v) is 4.05. The Bertz CT molecular complexity index is 670. The Kier molecular flexibility index (Phi) is 4.33. The molecule has 0 spiro atoms. The molecule has 0 bridgehead atoms. The predicted octanol–water partition coefficient (Wildman–Crippen LogP) is 1.79. The zero-order valence-corrected chi connectivity index (χ0v) is 11.9. The third kappa shape index (κ3) is 4.41. The van der Waals surface area contributed by atoms with Gasteiger partial charge in [0.1, 0.15) is 5.82 Å². The van der Waals surface area contributed by atoms with E-state index >= 15 is 0 Å². The topological polar surface area (TPSA) is 71.1 Å². The van der Waals surface area contributed by atoms with Crippen LogP contribution in [0.1, 0.15) is 6.42 Å². The first kappa shape index (κ1) is 14.2. The summed E-state index contributed by atoms with van der Waals surface area (Å²) in [5.74, 6) is -0.278. The van der Waals surface area contributed by atoms with E-state index in [0.717, 1.165) is 16.5 Å². The molecule has 2 N–H and O–H groups in total. The van der Waals surface area contributed by atoms with E-state index in [2.05, 4.69) is 15.0 Å². The lowest BCUT2D eigenvalue weighted by Crippen LogP contribution is -2.24. The smallest absolute Gasteiger partial charge is 0.208 e. The fourth-order valence-electron chi connectivity index (χ4n) is 1.52. The van der Waals surface area contributed by atoms with E-state index < -0.39 is 10.0 Å². The van der Waals surface area contributed by atoms with Gasteiger partial charge in [-0.05, 0) is 24.6 Å². The van der Waals surface area contributed by atoms with Crippen molar-refractivity contribution in [1.82, 2.24) is 9.71 Å². The van der Waals surface area contributed by atoms with E-state index in [4.69, 9.17) is 0 Å². The molecule has 0 unspecified atom stereocenters. The van der Waals surface area contributed by atoms with Crippen LogP contribution in [0.2, 0.25) is 0 Å². The van der Waals surface area contributed by atoms with Crippen LogP contribution in [0.25, 0.3) is 10.2 Å². The van der Waals surface area contributed by atoms with E-state index in [9.17, 15) is 12.8 Å². The zero-order chi connectivity index (χ0) is 13.9. The van der Waals surface area contributed by atoms with Crippen LogP contribution >= 0.6 is 11.3 Å². The lowest BCUT2D eigenvalue weighted by atomic mass is 10.3. The van der Waals surface area contributed by atoms with Crippen molar-refractivity contribution in [2.75, 3.05) is 24.7 Å². The van der Waals surface area contributed by atoms with Gasteiger partial charge in [-0.2, -0.15) is 0 Å². The van der Waals surface area contributed by atoms with Crippen LogP contribution in [0.5, 0.6) is 0 Å². The van der Waals surface area contributed by atoms with Crippen molar-refractivity contribution >= 4 is 36.7 Å². The fraction of sp³-hybridized carbons (Fsp3) is 0.364. The lowest BCUT2D eigenvalue weighted by Gasteiger charge is -2.03. The van der Waals surface area contributed by atoms with Crippen molar-refractivity contribution in [3.63, 3.8) is 0 Å². The number of nitrogens with one attached hydrogen (secondary N) is 2. The summed E-state index contributed by atoms with van der Waals surface area (Å²) in [6, 6.07) is 4.46. The van der Waals surface area contributed by atoms with Gasteiger partial charge in [0, 0.05) is 13.1 Å². The summed E-state index contributed by atoms with van der Waals surface area (Å²) in [6.45, 7) is 0.982. The van der Waals surface area contributed by atoms with Gasteiger partial charge in [-0.1, -0.05) is 11.3 Å². The van der Waals surface area contributed by atoms with Gasteiger partial charge in [-0.15, -0.1) is 0 Å². The molecule has 0 atom stereocenters. The molecule has 1 heterocycles. The minimum atomic E-state index is -3.13. The maximum Gasteiger partial charge on any atom is 0.208 e. The first-order valence-electron chi connectivity index (χ1n) is 5.69. The molecule has 8 heteroatoms. The molecule has 0 radical (unpaired) electrons. The maximum atomic E-state index is 13.0. The van der Waals surface area contributed by atoms with Gasteiger partial charge in [0.2, 0.25) is 10.0 Å². The van der Waals surface area contributed by atoms with Crippen molar-refractivity contribution in [2.45, 2.75) is 6.42 Å². The average Bonchev–Trinajstić information content (AvgIpc) is 2.68. The molecule has 2 aromatic rings. The third-order valence-electron chi connectivity index (χ3n) is 2.34. The molecule has 5 nitrogen and oxygen atoms in total. The van der Waals surface area contributed by atoms with Crippen molar-refractivity contribution in [3.05, 3.63) is 24.0 Å². The number of halogens is 1. The van der Waals surface area contributed by atoms with Crippen LogP contribution in [-0.2, 0) is 10.0 Å². The molecule has 2 rings (SSSR count). The molecule has 1 aromatic carbocycles. The number of thiazole rings is 1. The second-order valence-electron chi connectivity index (χ2n) is 4.08.